The number of nitrogens with zero attached hydrogens (tertiary/aromatic N) is 5. The first-order chi connectivity index (χ1) is 24.7. The number of hydrogen-bond donors (Lipinski definition) is 3. The molecule has 5 rings (SSSR count). The van der Waals surface area contributed by atoms with E-state index in [1.165, 1.54) is 18.6 Å². The highest BCUT2D eigenvalue weighted by Gasteiger charge is 2.47. The summed E-state index contributed by atoms with van der Waals surface area (Å²) in [5.41, 5.74) is -1.09. The zero-order valence-electron chi connectivity index (χ0n) is 30.5. The summed E-state index contributed by atoms with van der Waals surface area (Å²) in [6.45, 7) is 10.1. The van der Waals surface area contributed by atoms with Crippen LogP contribution in [0.15, 0.2) is 30.7 Å². The number of aromatic nitrogens is 2. The maximum Gasteiger partial charge on any atom is 0.422 e. The first kappa shape index (κ1) is 40.4. The van der Waals surface area contributed by atoms with Gasteiger partial charge in [-0.1, -0.05) is 0 Å². The van der Waals surface area contributed by atoms with Crippen LogP contribution >= 0.6 is 0 Å². The van der Waals surface area contributed by atoms with Gasteiger partial charge >= 0.3 is 16.3 Å². The Morgan fingerprint density at radius 1 is 1.15 bits per heavy atom. The number of halogens is 3. The van der Waals surface area contributed by atoms with Gasteiger partial charge in [0.05, 0.1) is 31.5 Å². The molecule has 294 valence electrons. The molecule has 2 aromatic rings. The van der Waals surface area contributed by atoms with Crippen molar-refractivity contribution in [3.63, 3.8) is 0 Å². The summed E-state index contributed by atoms with van der Waals surface area (Å²) in [7, 11) is -4.21. The Hall–Kier alpha value is -3.78. The van der Waals surface area contributed by atoms with Gasteiger partial charge in [-0.05, 0) is 85.2 Å². The quantitative estimate of drug-likeness (QED) is 0.286. The van der Waals surface area contributed by atoms with Crippen molar-refractivity contribution in [3.8, 4) is 11.5 Å². The number of carbonyl (C=O) groups is 2. The van der Waals surface area contributed by atoms with Crippen LogP contribution in [0, 0.1) is 11.2 Å². The molecule has 1 aromatic heterocycles. The topological polar surface area (TPSA) is 176 Å². The van der Waals surface area contributed by atoms with E-state index in [0.29, 0.717) is 38.4 Å². The highest BCUT2D eigenvalue weighted by molar-refractivity contribution is 7.88. The van der Waals surface area contributed by atoms with Crippen molar-refractivity contribution < 1.29 is 50.5 Å². The molecule has 1 spiro atoms. The second kappa shape index (κ2) is 15.9. The molecule has 0 bridgehead atoms. The van der Waals surface area contributed by atoms with Gasteiger partial charge in [0.2, 0.25) is 0 Å². The summed E-state index contributed by atoms with van der Waals surface area (Å²) in [6, 6.07) is 2.15. The summed E-state index contributed by atoms with van der Waals surface area (Å²) in [4.78, 5) is 38.8. The number of carbonyl (C=O) groups excluding carboxylic acids is 2. The van der Waals surface area contributed by atoms with Crippen LogP contribution in [-0.4, -0.2) is 121 Å². The number of aliphatic hydroxyl groups is 1. The highest BCUT2D eigenvalue weighted by atomic mass is 32.2. The average Bonchev–Trinajstić information content (AvgIpc) is 3.03. The number of piperidine rings is 1. The molecule has 3 fully saturated rings. The SMILES string of the molecule is CC(C)N(CC(F)F)C(=O)c1cc(F)ccc1Oc1cncnc1N1CC2(CCN(C[C@@]3(O)CC[C@@H](NS(=O)(=O)NC(=O)OC(C)(C)C)CO3)CC2)C1. The van der Waals surface area contributed by atoms with Crippen LogP contribution < -0.4 is 19.1 Å². The predicted octanol–water partition coefficient (Wildman–Crippen LogP) is 3.65. The number of rotatable bonds is 12. The van der Waals surface area contributed by atoms with Crippen LogP contribution in [-0.2, 0) is 19.7 Å². The summed E-state index contributed by atoms with van der Waals surface area (Å²) in [6.07, 6.45) is 1.06. The number of hydrogen-bond acceptors (Lipinski definition) is 12. The molecule has 3 aliphatic heterocycles. The van der Waals surface area contributed by atoms with Crippen molar-refractivity contribution in [2.75, 3.05) is 50.8 Å². The van der Waals surface area contributed by atoms with Gasteiger partial charge in [-0.15, -0.1) is 0 Å². The van der Waals surface area contributed by atoms with Gasteiger partial charge < -0.3 is 29.1 Å². The third-order valence-corrected chi connectivity index (χ3v) is 10.5. The van der Waals surface area contributed by atoms with Crippen molar-refractivity contribution in [2.45, 2.75) is 90.2 Å². The van der Waals surface area contributed by atoms with E-state index in [2.05, 4.69) is 19.6 Å². The van der Waals surface area contributed by atoms with Gasteiger partial charge in [0, 0.05) is 37.0 Å². The van der Waals surface area contributed by atoms with E-state index in [-0.39, 0.29) is 42.0 Å². The minimum atomic E-state index is -4.21. The number of β-amino-alcohol motifs (C(OH)–C–C–N with tert-alkyl or cyclic N) is 1. The van der Waals surface area contributed by atoms with Crippen LogP contribution in [0.1, 0.15) is 70.7 Å². The second-order valence-electron chi connectivity index (χ2n) is 15.2. The standard InChI is InChI=1S/C34H48F3N7O8S/c1-22(2)44(16-28(36)37)30(45)25-14-23(35)6-7-26(25)51-27-15-38-21-39-29(27)43-18-33(19-43)10-12-42(13-11-33)20-34(47)9-8-24(17-50-34)40-53(48,49)41-31(46)52-32(3,4)5/h6-7,14-15,21-22,24,28,40,47H,8-13,16-20H2,1-5H3,(H,41,46)/t24-,34-/m1/s1. The van der Waals surface area contributed by atoms with Gasteiger partial charge in [-0.25, -0.2) is 32.7 Å². The van der Waals surface area contributed by atoms with Crippen molar-refractivity contribution >= 4 is 28.0 Å². The summed E-state index contributed by atoms with van der Waals surface area (Å²) in [5.74, 6) is -2.28. The molecule has 0 unspecified atom stereocenters. The minimum absolute atomic E-state index is 0.0139. The zero-order valence-corrected chi connectivity index (χ0v) is 31.3. The minimum Gasteiger partial charge on any atom is -0.451 e. The molecule has 2 atom stereocenters. The number of anilines is 1. The van der Waals surface area contributed by atoms with Crippen molar-refractivity contribution in [3.05, 3.63) is 42.1 Å². The number of benzene rings is 1. The average molecular weight is 772 g/mol. The third-order valence-electron chi connectivity index (χ3n) is 9.38. The van der Waals surface area contributed by atoms with Gasteiger partial charge in [-0.3, -0.25) is 9.69 Å². The van der Waals surface area contributed by atoms with E-state index >= 15 is 0 Å². The van der Waals surface area contributed by atoms with Crippen LogP contribution in [0.3, 0.4) is 0 Å². The third kappa shape index (κ3) is 10.7. The number of nitrogens with one attached hydrogen (secondary N) is 2. The molecule has 3 N–H and O–H groups in total. The smallest absolute Gasteiger partial charge is 0.422 e. The lowest BCUT2D eigenvalue weighted by Gasteiger charge is -2.55. The molecule has 53 heavy (non-hydrogen) atoms. The molecule has 15 nitrogen and oxygen atoms in total. The Kier molecular flexibility index (Phi) is 12.1. The lowest BCUT2D eigenvalue weighted by molar-refractivity contribution is -0.239. The van der Waals surface area contributed by atoms with Crippen LogP contribution in [0.5, 0.6) is 11.5 Å². The number of likely N-dealkylation sites (tertiary alicyclic amines) is 1. The van der Waals surface area contributed by atoms with Gasteiger partial charge in [-0.2, -0.15) is 13.1 Å². The lowest BCUT2D eigenvalue weighted by atomic mass is 9.72. The maximum atomic E-state index is 14.3. The van der Waals surface area contributed by atoms with Crippen molar-refractivity contribution in [2.24, 2.45) is 5.41 Å². The molecule has 4 heterocycles. The Morgan fingerprint density at radius 2 is 1.85 bits per heavy atom. The van der Waals surface area contributed by atoms with Crippen molar-refractivity contribution in [1.29, 1.82) is 0 Å². The molecule has 19 heteroatoms. The fourth-order valence-corrected chi connectivity index (χ4v) is 7.72. The molecule has 3 aliphatic rings. The molecule has 2 amide bonds. The van der Waals surface area contributed by atoms with Gasteiger partial charge in [0.25, 0.3) is 12.3 Å². The molecular weight excluding hydrogens is 723 g/mol. The van der Waals surface area contributed by atoms with Crippen LogP contribution in [0.2, 0.25) is 0 Å². The van der Waals surface area contributed by atoms with E-state index in [9.17, 15) is 36.3 Å². The summed E-state index contributed by atoms with van der Waals surface area (Å²) in [5, 5.41) is 11.2. The Bertz CT molecular complexity index is 1720. The van der Waals surface area contributed by atoms with Crippen LogP contribution in [0.25, 0.3) is 0 Å². The normalized spacial score (nSPS) is 22.1. The first-order valence-electron chi connectivity index (χ1n) is 17.5. The Labute approximate surface area is 307 Å². The molecular formula is C34H48F3N7O8S. The van der Waals surface area contributed by atoms with Gasteiger partial charge in [0.15, 0.2) is 17.4 Å². The van der Waals surface area contributed by atoms with Crippen LogP contribution in [0.4, 0.5) is 23.8 Å². The molecule has 3 saturated heterocycles. The van der Waals surface area contributed by atoms with E-state index in [1.807, 2.05) is 9.62 Å². The monoisotopic (exact) mass is 771 g/mol. The highest BCUT2D eigenvalue weighted by Crippen LogP contribution is 2.45. The molecule has 1 aromatic carbocycles. The Balaban J connectivity index is 1.13. The molecule has 0 radical (unpaired) electrons. The largest absolute Gasteiger partial charge is 0.451 e. The van der Waals surface area contributed by atoms with E-state index in [0.717, 1.165) is 29.9 Å². The second-order valence-corrected chi connectivity index (χ2v) is 16.7. The fraction of sp³-hybridized carbons (Fsp3) is 0.647. The molecule has 0 saturated carbocycles. The van der Waals surface area contributed by atoms with Gasteiger partial charge in [0.1, 0.15) is 23.5 Å². The Morgan fingerprint density at radius 3 is 2.45 bits per heavy atom. The number of ether oxygens (including phenoxy) is 3. The number of amides is 2. The van der Waals surface area contributed by atoms with E-state index in [1.54, 1.807) is 34.6 Å². The maximum absolute atomic E-state index is 14.3. The molecule has 0 aliphatic carbocycles. The van der Waals surface area contributed by atoms with Crippen molar-refractivity contribution in [1.82, 2.24) is 29.2 Å². The zero-order chi connectivity index (χ0) is 38.8. The summed E-state index contributed by atoms with van der Waals surface area (Å²) < 4.78 is 86.7. The summed E-state index contributed by atoms with van der Waals surface area (Å²) >= 11 is 0. The fourth-order valence-electron chi connectivity index (χ4n) is 6.78. The van der Waals surface area contributed by atoms with E-state index in [4.69, 9.17) is 14.2 Å². The number of alkyl halides is 2. The lowest BCUT2D eigenvalue weighted by Crippen LogP contribution is -2.62. The van der Waals surface area contributed by atoms with E-state index < -0.39 is 64.5 Å². The first-order valence-corrected chi connectivity index (χ1v) is 19.0. The predicted molar refractivity (Wildman–Crippen MR) is 186 cm³/mol.